The summed E-state index contributed by atoms with van der Waals surface area (Å²) in [6.45, 7) is 11.4. The fourth-order valence-electron chi connectivity index (χ4n) is 4.24. The van der Waals surface area contributed by atoms with E-state index in [2.05, 4.69) is 31.1 Å². The monoisotopic (exact) mass is 398 g/mol. The van der Waals surface area contributed by atoms with E-state index in [1.54, 1.807) is 6.26 Å². The van der Waals surface area contributed by atoms with E-state index in [0.717, 1.165) is 35.7 Å². The van der Waals surface area contributed by atoms with Gasteiger partial charge in [0.15, 0.2) is 0 Å². The van der Waals surface area contributed by atoms with Gasteiger partial charge >= 0.3 is 0 Å². The number of hydrogen-bond acceptors (Lipinski definition) is 6. The number of fused-ring (bicyclic) bond motifs is 2. The lowest BCUT2D eigenvalue weighted by atomic mass is 9.80. The largest absolute Gasteiger partial charge is 0.467 e. The second-order valence-corrected chi connectivity index (χ2v) is 9.47. The first-order valence-electron chi connectivity index (χ1n) is 10.3. The van der Waals surface area contributed by atoms with E-state index in [1.807, 2.05) is 24.0 Å². The van der Waals surface area contributed by atoms with Crippen molar-refractivity contribution >= 4 is 11.9 Å². The SMILES string of the molecule is Cc1nc(NCc2ccco2)nc2c1COCC21CCN(C(=O)CC(C)(C)C)C1. The molecule has 1 atom stereocenters. The lowest BCUT2D eigenvalue weighted by Gasteiger charge is -2.35. The molecule has 29 heavy (non-hydrogen) atoms. The van der Waals surface area contributed by atoms with Gasteiger partial charge in [-0.2, -0.15) is 0 Å². The van der Waals surface area contributed by atoms with Gasteiger partial charge in [0.05, 0.1) is 37.1 Å². The highest BCUT2D eigenvalue weighted by Gasteiger charge is 2.47. The third-order valence-electron chi connectivity index (χ3n) is 5.73. The molecule has 0 bridgehead atoms. The van der Waals surface area contributed by atoms with Crippen molar-refractivity contribution in [2.24, 2.45) is 5.41 Å². The van der Waals surface area contributed by atoms with Crippen LogP contribution >= 0.6 is 0 Å². The van der Waals surface area contributed by atoms with E-state index in [-0.39, 0.29) is 16.7 Å². The minimum Gasteiger partial charge on any atom is -0.467 e. The summed E-state index contributed by atoms with van der Waals surface area (Å²) in [5.74, 6) is 1.64. The Morgan fingerprint density at radius 2 is 2.17 bits per heavy atom. The molecule has 0 saturated carbocycles. The molecule has 1 fully saturated rings. The maximum atomic E-state index is 12.8. The Labute approximate surface area is 171 Å². The molecule has 1 spiro atoms. The van der Waals surface area contributed by atoms with Gasteiger partial charge in [0.2, 0.25) is 11.9 Å². The van der Waals surface area contributed by atoms with Gasteiger partial charge in [-0.15, -0.1) is 0 Å². The summed E-state index contributed by atoms with van der Waals surface area (Å²) in [6.07, 6.45) is 3.07. The number of hydrogen-bond donors (Lipinski definition) is 1. The van der Waals surface area contributed by atoms with Crippen molar-refractivity contribution in [3.63, 3.8) is 0 Å². The van der Waals surface area contributed by atoms with Crippen LogP contribution in [0.2, 0.25) is 0 Å². The van der Waals surface area contributed by atoms with Crippen LogP contribution in [0.25, 0.3) is 0 Å². The Kier molecular flexibility index (Phi) is 5.11. The van der Waals surface area contributed by atoms with Crippen LogP contribution in [-0.2, 0) is 28.1 Å². The molecule has 0 radical (unpaired) electrons. The summed E-state index contributed by atoms with van der Waals surface area (Å²) in [4.78, 5) is 24.3. The molecule has 0 aliphatic carbocycles. The van der Waals surface area contributed by atoms with Gasteiger partial charge in [0.1, 0.15) is 5.76 Å². The van der Waals surface area contributed by atoms with E-state index < -0.39 is 0 Å². The zero-order chi connectivity index (χ0) is 20.6. The zero-order valence-electron chi connectivity index (χ0n) is 17.7. The van der Waals surface area contributed by atoms with Gasteiger partial charge in [-0.3, -0.25) is 4.79 Å². The van der Waals surface area contributed by atoms with E-state index >= 15 is 0 Å². The molecule has 4 rings (SSSR count). The van der Waals surface area contributed by atoms with Crippen LogP contribution in [0.3, 0.4) is 0 Å². The van der Waals surface area contributed by atoms with Crippen LogP contribution in [-0.4, -0.2) is 40.5 Å². The van der Waals surface area contributed by atoms with E-state index in [0.29, 0.717) is 38.7 Å². The molecule has 1 unspecified atom stereocenters. The zero-order valence-corrected chi connectivity index (χ0v) is 17.7. The molecule has 2 aromatic rings. The van der Waals surface area contributed by atoms with Crippen molar-refractivity contribution in [1.82, 2.24) is 14.9 Å². The van der Waals surface area contributed by atoms with Crippen molar-refractivity contribution in [3.8, 4) is 0 Å². The Hall–Kier alpha value is -2.41. The summed E-state index contributed by atoms with van der Waals surface area (Å²) in [5, 5.41) is 3.27. The summed E-state index contributed by atoms with van der Waals surface area (Å²) in [6, 6.07) is 3.79. The first-order chi connectivity index (χ1) is 13.8. The quantitative estimate of drug-likeness (QED) is 0.850. The molecule has 7 heteroatoms. The minimum absolute atomic E-state index is 0.0183. The fourth-order valence-corrected chi connectivity index (χ4v) is 4.24. The number of likely N-dealkylation sites (tertiary alicyclic amines) is 1. The van der Waals surface area contributed by atoms with Gasteiger partial charge < -0.3 is 19.4 Å². The molecule has 1 N–H and O–H groups in total. The molecule has 7 nitrogen and oxygen atoms in total. The average molecular weight is 399 g/mol. The second-order valence-electron chi connectivity index (χ2n) is 9.47. The van der Waals surface area contributed by atoms with Crippen LogP contribution < -0.4 is 5.32 Å². The molecule has 4 heterocycles. The first kappa shape index (κ1) is 19.9. The number of carbonyl (C=O) groups is 1. The molecule has 156 valence electrons. The summed E-state index contributed by atoms with van der Waals surface area (Å²) in [5.41, 5.74) is 2.75. The van der Waals surface area contributed by atoms with Gasteiger partial charge in [0.25, 0.3) is 0 Å². The number of anilines is 1. The number of aryl methyl sites for hydroxylation is 1. The Morgan fingerprint density at radius 3 is 2.90 bits per heavy atom. The normalized spacial score (nSPS) is 21.4. The smallest absolute Gasteiger partial charge is 0.223 e. The standard InChI is InChI=1S/C22H30N4O3/c1-15-17-12-28-14-22(7-8-26(13-22)18(27)10-21(2,3)4)19(17)25-20(24-15)23-11-16-6-5-9-29-16/h5-6,9H,7-8,10-14H2,1-4H3,(H,23,24,25). The van der Waals surface area contributed by atoms with Gasteiger partial charge in [-0.05, 0) is 30.9 Å². The van der Waals surface area contributed by atoms with Crippen molar-refractivity contribution in [2.75, 3.05) is 25.0 Å². The molecule has 1 saturated heterocycles. The molecule has 1 amide bonds. The molecule has 2 aliphatic heterocycles. The van der Waals surface area contributed by atoms with Crippen LogP contribution in [0, 0.1) is 12.3 Å². The maximum Gasteiger partial charge on any atom is 0.223 e. The predicted molar refractivity (Wildman–Crippen MR) is 109 cm³/mol. The highest BCUT2D eigenvalue weighted by molar-refractivity contribution is 5.77. The third kappa shape index (κ3) is 4.15. The number of amides is 1. The minimum atomic E-state index is -0.254. The number of rotatable bonds is 4. The second kappa shape index (κ2) is 7.44. The lowest BCUT2D eigenvalue weighted by molar-refractivity contribution is -0.132. The molecular formula is C22H30N4O3. The van der Waals surface area contributed by atoms with Crippen molar-refractivity contribution in [3.05, 3.63) is 41.1 Å². The fraction of sp³-hybridized carbons (Fsp3) is 0.591. The van der Waals surface area contributed by atoms with Crippen LogP contribution in [0.4, 0.5) is 5.95 Å². The van der Waals surface area contributed by atoms with Gasteiger partial charge in [-0.1, -0.05) is 20.8 Å². The van der Waals surface area contributed by atoms with Crippen molar-refractivity contribution in [2.45, 2.75) is 59.1 Å². The maximum absolute atomic E-state index is 12.8. The summed E-state index contributed by atoms with van der Waals surface area (Å²) < 4.78 is 11.3. The highest BCUT2D eigenvalue weighted by atomic mass is 16.5. The number of nitrogens with one attached hydrogen (secondary N) is 1. The average Bonchev–Trinajstić information content (AvgIpc) is 3.30. The Morgan fingerprint density at radius 1 is 1.34 bits per heavy atom. The lowest BCUT2D eigenvalue weighted by Crippen LogP contribution is -2.42. The third-order valence-corrected chi connectivity index (χ3v) is 5.73. The summed E-state index contributed by atoms with van der Waals surface area (Å²) in [7, 11) is 0. The van der Waals surface area contributed by atoms with Gasteiger partial charge in [-0.25, -0.2) is 9.97 Å². The van der Waals surface area contributed by atoms with E-state index in [4.69, 9.17) is 14.1 Å². The van der Waals surface area contributed by atoms with E-state index in [9.17, 15) is 4.79 Å². The van der Waals surface area contributed by atoms with Gasteiger partial charge in [0, 0.05) is 30.8 Å². The molecular weight excluding hydrogens is 368 g/mol. The van der Waals surface area contributed by atoms with Crippen LogP contribution in [0.1, 0.15) is 56.3 Å². The van der Waals surface area contributed by atoms with Crippen LogP contribution in [0.15, 0.2) is 22.8 Å². The number of ether oxygens (including phenoxy) is 1. The number of furan rings is 1. The molecule has 2 aromatic heterocycles. The first-order valence-corrected chi connectivity index (χ1v) is 10.3. The van der Waals surface area contributed by atoms with E-state index in [1.165, 1.54) is 0 Å². The highest BCUT2D eigenvalue weighted by Crippen LogP contribution is 2.40. The van der Waals surface area contributed by atoms with Crippen molar-refractivity contribution in [1.29, 1.82) is 0 Å². The number of nitrogens with zero attached hydrogens (tertiary/aromatic N) is 3. The van der Waals surface area contributed by atoms with Crippen LogP contribution in [0.5, 0.6) is 0 Å². The molecule has 2 aliphatic rings. The number of carbonyl (C=O) groups excluding carboxylic acids is 1. The number of aromatic nitrogens is 2. The Balaban J connectivity index is 1.57. The predicted octanol–water partition coefficient (Wildman–Crippen LogP) is 3.43. The topological polar surface area (TPSA) is 80.5 Å². The Bertz CT molecular complexity index is 888. The molecule has 0 aromatic carbocycles. The van der Waals surface area contributed by atoms with Crippen molar-refractivity contribution < 1.29 is 13.9 Å². The summed E-state index contributed by atoms with van der Waals surface area (Å²) >= 11 is 0.